The fourth-order valence-corrected chi connectivity index (χ4v) is 1.76. The second kappa shape index (κ2) is 7.13. The van der Waals surface area contributed by atoms with Crippen LogP contribution >= 0.6 is 24.0 Å². The molecule has 17 heavy (non-hydrogen) atoms. The zero-order valence-corrected chi connectivity index (χ0v) is 11.4. The van der Waals surface area contributed by atoms with E-state index in [1.807, 2.05) is 31.2 Å². The zero-order chi connectivity index (χ0) is 12.7. The maximum Gasteiger partial charge on any atom is 0.248 e. The third-order valence-corrected chi connectivity index (χ3v) is 3.25. The van der Waals surface area contributed by atoms with Gasteiger partial charge in [0.2, 0.25) is 5.91 Å². The lowest BCUT2D eigenvalue weighted by molar-refractivity contribution is -0.119. The minimum absolute atomic E-state index is 0.117. The van der Waals surface area contributed by atoms with Crippen LogP contribution in [0.5, 0.6) is 0 Å². The molecule has 92 valence electrons. The van der Waals surface area contributed by atoms with Gasteiger partial charge in [-0.25, -0.2) is 0 Å². The molecule has 0 bridgehead atoms. The summed E-state index contributed by atoms with van der Waals surface area (Å²) in [4.78, 5) is 12.5. The summed E-state index contributed by atoms with van der Waals surface area (Å²) in [6, 6.07) is 8.04. The molecule has 0 saturated carbocycles. The molecule has 0 heterocycles. The van der Waals surface area contributed by atoms with E-state index < -0.39 is 0 Å². The highest BCUT2D eigenvalue weighted by atomic mass is 32.2. The number of thiocarbonyl (C=S) groups is 1. The Kier molecular flexibility index (Phi) is 5.79. The summed E-state index contributed by atoms with van der Waals surface area (Å²) < 4.78 is 0. The number of amides is 1. The number of carbonyl (C=O) groups is 1. The minimum atomic E-state index is -0.117. The van der Waals surface area contributed by atoms with E-state index in [0.717, 1.165) is 4.90 Å². The van der Waals surface area contributed by atoms with Crippen molar-refractivity contribution in [3.63, 3.8) is 0 Å². The molecule has 1 aromatic rings. The SMILES string of the molecule is CNC(=S)NNC(=O)CSc1ccc(C)cc1. The number of aryl methyl sites for hydroxylation is 1. The predicted octanol–water partition coefficient (Wildman–Crippen LogP) is 1.21. The van der Waals surface area contributed by atoms with Crippen LogP contribution in [0.2, 0.25) is 0 Å². The molecule has 1 aromatic carbocycles. The lowest BCUT2D eigenvalue weighted by Crippen LogP contribution is -2.46. The lowest BCUT2D eigenvalue weighted by atomic mass is 10.2. The lowest BCUT2D eigenvalue weighted by Gasteiger charge is -2.08. The Hall–Kier alpha value is -1.27. The molecule has 0 radical (unpaired) electrons. The number of hydrazine groups is 1. The highest BCUT2D eigenvalue weighted by molar-refractivity contribution is 8.00. The van der Waals surface area contributed by atoms with E-state index in [1.54, 1.807) is 7.05 Å². The average Bonchev–Trinajstić information content (AvgIpc) is 2.35. The summed E-state index contributed by atoms with van der Waals surface area (Å²) in [6.45, 7) is 2.03. The minimum Gasteiger partial charge on any atom is -0.364 e. The molecule has 0 aliphatic carbocycles. The van der Waals surface area contributed by atoms with E-state index in [-0.39, 0.29) is 5.91 Å². The molecule has 6 heteroatoms. The second-order valence-electron chi connectivity index (χ2n) is 3.35. The van der Waals surface area contributed by atoms with Crippen LogP contribution in [0.1, 0.15) is 5.56 Å². The standard InChI is InChI=1S/C11H15N3OS2/c1-8-3-5-9(6-4-8)17-7-10(15)13-14-11(16)12-2/h3-6H,7H2,1-2H3,(H,13,15)(H2,12,14,16). The summed E-state index contributed by atoms with van der Waals surface area (Å²) in [5, 5.41) is 3.09. The third-order valence-electron chi connectivity index (χ3n) is 1.93. The molecule has 0 aliphatic rings. The summed E-state index contributed by atoms with van der Waals surface area (Å²) in [7, 11) is 1.68. The van der Waals surface area contributed by atoms with E-state index in [9.17, 15) is 4.79 Å². The fourth-order valence-electron chi connectivity index (χ4n) is 1.01. The molecule has 0 fully saturated rings. The van der Waals surface area contributed by atoms with Crippen molar-refractivity contribution in [2.24, 2.45) is 0 Å². The van der Waals surface area contributed by atoms with Gasteiger partial charge in [-0.15, -0.1) is 11.8 Å². The van der Waals surface area contributed by atoms with Crippen molar-refractivity contribution in [1.29, 1.82) is 0 Å². The smallest absolute Gasteiger partial charge is 0.248 e. The number of nitrogens with one attached hydrogen (secondary N) is 3. The van der Waals surface area contributed by atoms with Crippen LogP contribution in [0, 0.1) is 6.92 Å². The van der Waals surface area contributed by atoms with Crippen molar-refractivity contribution in [3.05, 3.63) is 29.8 Å². The van der Waals surface area contributed by atoms with Gasteiger partial charge in [-0.2, -0.15) is 0 Å². The van der Waals surface area contributed by atoms with Gasteiger partial charge in [0.25, 0.3) is 0 Å². The van der Waals surface area contributed by atoms with E-state index in [1.165, 1.54) is 17.3 Å². The Morgan fingerprint density at radius 1 is 1.29 bits per heavy atom. The Bertz CT molecular complexity index is 392. The van der Waals surface area contributed by atoms with Crippen molar-refractivity contribution in [3.8, 4) is 0 Å². The van der Waals surface area contributed by atoms with E-state index in [2.05, 4.69) is 16.2 Å². The monoisotopic (exact) mass is 269 g/mol. The van der Waals surface area contributed by atoms with Crippen molar-refractivity contribution >= 4 is 35.0 Å². The fraction of sp³-hybridized carbons (Fsp3) is 0.273. The first kappa shape index (κ1) is 13.8. The Morgan fingerprint density at radius 2 is 1.94 bits per heavy atom. The highest BCUT2D eigenvalue weighted by Crippen LogP contribution is 2.17. The number of thioether (sulfide) groups is 1. The summed E-state index contributed by atoms with van der Waals surface area (Å²) in [5.41, 5.74) is 6.29. The maximum absolute atomic E-state index is 11.4. The number of hydrogen-bond acceptors (Lipinski definition) is 3. The molecular weight excluding hydrogens is 254 g/mol. The molecule has 0 unspecified atom stereocenters. The number of benzene rings is 1. The van der Waals surface area contributed by atoms with Gasteiger partial charge in [-0.3, -0.25) is 15.6 Å². The van der Waals surface area contributed by atoms with Crippen LogP contribution < -0.4 is 16.2 Å². The Labute approximate surface area is 111 Å². The molecule has 3 N–H and O–H groups in total. The average molecular weight is 269 g/mol. The van der Waals surface area contributed by atoms with Gasteiger partial charge in [-0.05, 0) is 31.3 Å². The maximum atomic E-state index is 11.4. The summed E-state index contributed by atoms with van der Waals surface area (Å²) in [5.74, 6) is 0.232. The molecule has 0 aromatic heterocycles. The first-order valence-corrected chi connectivity index (χ1v) is 6.47. The van der Waals surface area contributed by atoms with Gasteiger partial charge in [0, 0.05) is 11.9 Å². The van der Waals surface area contributed by atoms with Crippen molar-refractivity contribution < 1.29 is 4.79 Å². The normalized spacial score (nSPS) is 9.53. The van der Waals surface area contributed by atoms with E-state index in [4.69, 9.17) is 12.2 Å². The molecule has 0 spiro atoms. The van der Waals surface area contributed by atoms with Gasteiger partial charge in [0.1, 0.15) is 0 Å². The van der Waals surface area contributed by atoms with Crippen LogP contribution in [0.3, 0.4) is 0 Å². The first-order valence-electron chi connectivity index (χ1n) is 5.08. The molecule has 0 aliphatic heterocycles. The molecule has 4 nitrogen and oxygen atoms in total. The number of rotatable bonds is 3. The number of hydrogen-bond donors (Lipinski definition) is 3. The third kappa shape index (κ3) is 5.55. The van der Waals surface area contributed by atoms with Crippen molar-refractivity contribution in [2.45, 2.75) is 11.8 Å². The number of carbonyl (C=O) groups excluding carboxylic acids is 1. The first-order chi connectivity index (χ1) is 8.11. The Balaban J connectivity index is 2.28. The van der Waals surface area contributed by atoms with Crippen LogP contribution in [0.4, 0.5) is 0 Å². The quantitative estimate of drug-likeness (QED) is 0.437. The van der Waals surface area contributed by atoms with Gasteiger partial charge in [-0.1, -0.05) is 17.7 Å². The van der Waals surface area contributed by atoms with Crippen LogP contribution in [0.25, 0.3) is 0 Å². The van der Waals surface area contributed by atoms with Crippen molar-refractivity contribution in [2.75, 3.05) is 12.8 Å². The Morgan fingerprint density at radius 3 is 2.53 bits per heavy atom. The van der Waals surface area contributed by atoms with Crippen LogP contribution in [-0.2, 0) is 4.79 Å². The van der Waals surface area contributed by atoms with E-state index >= 15 is 0 Å². The highest BCUT2D eigenvalue weighted by Gasteiger charge is 2.02. The largest absolute Gasteiger partial charge is 0.364 e. The van der Waals surface area contributed by atoms with Gasteiger partial charge in [0.05, 0.1) is 5.75 Å². The topological polar surface area (TPSA) is 53.2 Å². The molecule has 1 amide bonds. The summed E-state index contributed by atoms with van der Waals surface area (Å²) >= 11 is 6.30. The van der Waals surface area contributed by atoms with Crippen LogP contribution in [0.15, 0.2) is 29.2 Å². The van der Waals surface area contributed by atoms with Gasteiger partial charge >= 0.3 is 0 Å². The molecule has 0 atom stereocenters. The van der Waals surface area contributed by atoms with Crippen molar-refractivity contribution in [1.82, 2.24) is 16.2 Å². The van der Waals surface area contributed by atoms with Gasteiger partial charge < -0.3 is 5.32 Å². The van der Waals surface area contributed by atoms with Crippen LogP contribution in [-0.4, -0.2) is 23.8 Å². The summed E-state index contributed by atoms with van der Waals surface area (Å²) in [6.07, 6.45) is 0. The molecular formula is C11H15N3OS2. The van der Waals surface area contributed by atoms with E-state index in [0.29, 0.717) is 10.9 Å². The molecule has 0 saturated heterocycles. The second-order valence-corrected chi connectivity index (χ2v) is 4.81. The zero-order valence-electron chi connectivity index (χ0n) is 9.74. The predicted molar refractivity (Wildman–Crippen MR) is 74.8 cm³/mol. The molecule has 1 rings (SSSR count). The van der Waals surface area contributed by atoms with Gasteiger partial charge in [0.15, 0.2) is 5.11 Å².